The van der Waals surface area contributed by atoms with Crippen molar-refractivity contribution in [2.75, 3.05) is 26.0 Å². The normalized spacial score (nSPS) is 14.6. The first-order valence-electron chi connectivity index (χ1n) is 3.73. The van der Waals surface area contributed by atoms with Crippen LogP contribution in [0.2, 0.25) is 0 Å². The van der Waals surface area contributed by atoms with Crippen LogP contribution in [0.25, 0.3) is 0 Å². The molecule has 0 aliphatic heterocycles. The fraction of sp³-hybridized carbons (Fsp3) is 1.00. The zero-order chi connectivity index (χ0) is 9.61. The molecular formula is C6H16N2O3S. The van der Waals surface area contributed by atoms with Crippen LogP contribution >= 0.6 is 0 Å². The predicted octanol–water partition coefficient (Wildman–Crippen LogP) is -1.10. The Balaban J connectivity index is 3.51. The van der Waals surface area contributed by atoms with E-state index in [9.17, 15) is 8.42 Å². The maximum atomic E-state index is 10.5. The summed E-state index contributed by atoms with van der Waals surface area (Å²) in [6, 6.07) is 0.00303. The SMILES string of the molecule is CC(COS(C)(=O)=O)NCCN. The molecule has 5 nitrogen and oxygen atoms in total. The van der Waals surface area contributed by atoms with Gasteiger partial charge >= 0.3 is 0 Å². The average Bonchev–Trinajstić information content (AvgIpc) is 1.95. The first-order valence-corrected chi connectivity index (χ1v) is 5.55. The van der Waals surface area contributed by atoms with Crippen molar-refractivity contribution in [3.05, 3.63) is 0 Å². The van der Waals surface area contributed by atoms with Crippen molar-refractivity contribution in [1.82, 2.24) is 5.32 Å². The lowest BCUT2D eigenvalue weighted by Crippen LogP contribution is -2.34. The molecule has 0 aliphatic rings. The lowest BCUT2D eigenvalue weighted by Gasteiger charge is -2.11. The molecular weight excluding hydrogens is 180 g/mol. The smallest absolute Gasteiger partial charge is 0.264 e. The maximum absolute atomic E-state index is 10.5. The van der Waals surface area contributed by atoms with Gasteiger partial charge in [0.1, 0.15) is 0 Å². The van der Waals surface area contributed by atoms with Gasteiger partial charge in [0.05, 0.1) is 12.9 Å². The Hall–Kier alpha value is -0.170. The largest absolute Gasteiger partial charge is 0.329 e. The van der Waals surface area contributed by atoms with Gasteiger partial charge in [0.25, 0.3) is 10.1 Å². The first kappa shape index (κ1) is 11.8. The van der Waals surface area contributed by atoms with E-state index in [0.717, 1.165) is 6.26 Å². The van der Waals surface area contributed by atoms with Crippen molar-refractivity contribution in [3.8, 4) is 0 Å². The standard InChI is InChI=1S/C6H16N2O3S/c1-6(8-4-3-7)5-11-12(2,9)10/h6,8H,3-5,7H2,1-2H3. The number of nitrogens with two attached hydrogens (primary N) is 1. The molecule has 0 aliphatic carbocycles. The van der Waals surface area contributed by atoms with Gasteiger partial charge in [0.2, 0.25) is 0 Å². The zero-order valence-corrected chi connectivity index (χ0v) is 8.23. The van der Waals surface area contributed by atoms with Crippen LogP contribution in [-0.2, 0) is 14.3 Å². The summed E-state index contributed by atoms with van der Waals surface area (Å²) in [5.41, 5.74) is 5.24. The summed E-state index contributed by atoms with van der Waals surface area (Å²) in [5, 5.41) is 2.99. The summed E-state index contributed by atoms with van der Waals surface area (Å²) >= 11 is 0. The molecule has 0 amide bonds. The van der Waals surface area contributed by atoms with E-state index in [-0.39, 0.29) is 12.6 Å². The minimum Gasteiger partial charge on any atom is -0.329 e. The van der Waals surface area contributed by atoms with Crippen molar-refractivity contribution in [2.24, 2.45) is 5.73 Å². The van der Waals surface area contributed by atoms with Gasteiger partial charge in [-0.2, -0.15) is 8.42 Å². The molecule has 0 saturated carbocycles. The highest BCUT2D eigenvalue weighted by molar-refractivity contribution is 7.85. The highest BCUT2D eigenvalue weighted by atomic mass is 32.2. The van der Waals surface area contributed by atoms with Crippen LogP contribution in [0.3, 0.4) is 0 Å². The Morgan fingerprint density at radius 3 is 2.58 bits per heavy atom. The number of hydrogen-bond donors (Lipinski definition) is 2. The lowest BCUT2D eigenvalue weighted by atomic mass is 10.4. The van der Waals surface area contributed by atoms with E-state index >= 15 is 0 Å². The third-order valence-electron chi connectivity index (χ3n) is 1.17. The third kappa shape index (κ3) is 7.93. The van der Waals surface area contributed by atoms with E-state index in [4.69, 9.17) is 5.73 Å². The van der Waals surface area contributed by atoms with Crippen LogP contribution in [0, 0.1) is 0 Å². The Bertz CT molecular complexity index is 203. The molecule has 6 heteroatoms. The van der Waals surface area contributed by atoms with Gasteiger partial charge in [0.15, 0.2) is 0 Å². The van der Waals surface area contributed by atoms with Crippen LogP contribution in [-0.4, -0.2) is 40.4 Å². The monoisotopic (exact) mass is 196 g/mol. The fourth-order valence-corrected chi connectivity index (χ4v) is 1.07. The van der Waals surface area contributed by atoms with Crippen LogP contribution in [0.1, 0.15) is 6.92 Å². The molecule has 0 rings (SSSR count). The molecule has 0 aromatic carbocycles. The topological polar surface area (TPSA) is 81.4 Å². The van der Waals surface area contributed by atoms with E-state index < -0.39 is 10.1 Å². The van der Waals surface area contributed by atoms with E-state index in [1.54, 1.807) is 0 Å². The summed E-state index contributed by atoms with van der Waals surface area (Å²) in [5.74, 6) is 0. The second-order valence-corrected chi connectivity index (χ2v) is 4.28. The van der Waals surface area contributed by atoms with Crippen LogP contribution in [0.15, 0.2) is 0 Å². The molecule has 3 N–H and O–H groups in total. The highest BCUT2D eigenvalue weighted by Crippen LogP contribution is 1.89. The molecule has 1 atom stereocenters. The van der Waals surface area contributed by atoms with Gasteiger partial charge in [-0.25, -0.2) is 0 Å². The molecule has 0 bridgehead atoms. The molecule has 0 aromatic heterocycles. The Morgan fingerprint density at radius 2 is 2.17 bits per heavy atom. The molecule has 0 radical (unpaired) electrons. The lowest BCUT2D eigenvalue weighted by molar-refractivity contribution is 0.281. The molecule has 0 spiro atoms. The summed E-state index contributed by atoms with van der Waals surface area (Å²) in [6.07, 6.45) is 1.03. The average molecular weight is 196 g/mol. The second kappa shape index (κ2) is 5.47. The van der Waals surface area contributed by atoms with Crippen LogP contribution in [0.5, 0.6) is 0 Å². The van der Waals surface area contributed by atoms with Crippen LogP contribution < -0.4 is 11.1 Å². The summed E-state index contributed by atoms with van der Waals surface area (Å²) in [7, 11) is -3.32. The quantitative estimate of drug-likeness (QED) is 0.527. The van der Waals surface area contributed by atoms with Gasteiger partial charge in [-0.3, -0.25) is 4.18 Å². The van der Waals surface area contributed by atoms with Crippen molar-refractivity contribution >= 4 is 10.1 Å². The molecule has 1 unspecified atom stereocenters. The molecule has 12 heavy (non-hydrogen) atoms. The molecule has 0 saturated heterocycles. The van der Waals surface area contributed by atoms with Gasteiger partial charge in [-0.1, -0.05) is 0 Å². The maximum Gasteiger partial charge on any atom is 0.264 e. The summed E-state index contributed by atoms with van der Waals surface area (Å²) < 4.78 is 25.6. The molecule has 0 fully saturated rings. The van der Waals surface area contributed by atoms with Crippen molar-refractivity contribution in [2.45, 2.75) is 13.0 Å². The van der Waals surface area contributed by atoms with E-state index in [1.165, 1.54) is 0 Å². The molecule has 0 aromatic rings. The number of nitrogens with one attached hydrogen (secondary N) is 1. The number of rotatable bonds is 6. The third-order valence-corrected chi connectivity index (χ3v) is 1.73. The Kier molecular flexibility index (Phi) is 5.39. The minimum atomic E-state index is -3.32. The fourth-order valence-electron chi connectivity index (χ4n) is 0.614. The van der Waals surface area contributed by atoms with Gasteiger partial charge in [-0.15, -0.1) is 0 Å². The van der Waals surface area contributed by atoms with Crippen LogP contribution in [0.4, 0.5) is 0 Å². The summed E-state index contributed by atoms with van der Waals surface area (Å²) in [4.78, 5) is 0. The van der Waals surface area contributed by atoms with Gasteiger partial charge in [0, 0.05) is 19.1 Å². The van der Waals surface area contributed by atoms with Crippen molar-refractivity contribution < 1.29 is 12.6 Å². The van der Waals surface area contributed by atoms with E-state index in [1.807, 2.05) is 6.92 Å². The van der Waals surface area contributed by atoms with E-state index in [2.05, 4.69) is 9.50 Å². The Morgan fingerprint density at radius 1 is 1.58 bits per heavy atom. The van der Waals surface area contributed by atoms with Gasteiger partial charge in [-0.05, 0) is 6.92 Å². The highest BCUT2D eigenvalue weighted by Gasteiger charge is 2.05. The molecule has 74 valence electrons. The van der Waals surface area contributed by atoms with E-state index in [0.29, 0.717) is 13.1 Å². The molecule has 0 heterocycles. The Labute approximate surface area is 73.4 Å². The van der Waals surface area contributed by atoms with Crippen molar-refractivity contribution in [1.29, 1.82) is 0 Å². The van der Waals surface area contributed by atoms with Crippen molar-refractivity contribution in [3.63, 3.8) is 0 Å². The number of hydrogen-bond acceptors (Lipinski definition) is 5. The second-order valence-electron chi connectivity index (χ2n) is 2.63. The minimum absolute atomic E-state index is 0.00303. The first-order chi connectivity index (χ1) is 5.45. The van der Waals surface area contributed by atoms with Gasteiger partial charge < -0.3 is 11.1 Å². The predicted molar refractivity (Wildman–Crippen MR) is 47.3 cm³/mol. The summed E-state index contributed by atoms with van der Waals surface area (Å²) in [6.45, 7) is 3.18. The zero-order valence-electron chi connectivity index (χ0n) is 7.41.